The Morgan fingerprint density at radius 1 is 0.909 bits per heavy atom. The number of fused-ring (bicyclic) bond motifs is 2. The monoisotopic (exact) mass is 690 g/mol. The molecule has 3 amide bonds. The summed E-state index contributed by atoms with van der Waals surface area (Å²) >= 11 is 5.69. The lowest BCUT2D eigenvalue weighted by atomic mass is 9.83. The molecule has 3 atom stereocenters. The first-order valence-corrected chi connectivity index (χ1v) is 16.9. The van der Waals surface area contributed by atoms with E-state index in [4.69, 9.17) is 0 Å². The van der Waals surface area contributed by atoms with Gasteiger partial charge in [-0.05, 0) is 74.9 Å². The van der Waals surface area contributed by atoms with Crippen LogP contribution in [0.4, 0.5) is 17.1 Å². The molecule has 0 aliphatic carbocycles. The van der Waals surface area contributed by atoms with E-state index in [9.17, 15) is 19.2 Å². The molecule has 1 N–H and O–H groups in total. The number of aryl methyl sites for hydroxylation is 1. The second-order valence-electron chi connectivity index (χ2n) is 10.8. The third-order valence-corrected chi connectivity index (χ3v) is 11.3. The van der Waals surface area contributed by atoms with Gasteiger partial charge in [0.2, 0.25) is 17.7 Å². The van der Waals surface area contributed by atoms with Gasteiger partial charge in [0.1, 0.15) is 11.8 Å². The molecule has 0 unspecified atom stereocenters. The Balaban J connectivity index is 1.41. The smallest absolute Gasteiger partial charge is 0.308 e. The molecule has 0 saturated carbocycles. The molecule has 8 nitrogen and oxygen atoms in total. The standard InChI is InChI=1S/C33H31BrN4O4S2/c1-4-36(5-2)23-14-8-20(9-15-23)26-27-28(31(41)38(30(27)40)24-16-10-21(34)11-17-24)43-32-29(26)44-33(42)37(32)18-25(39)35-22-12-6-19(3)7-13-22/h6-17,26-28H,4-5,18H2,1-3H3,(H,35,39)/t26-,27-,28+/m0/s1. The predicted molar refractivity (Wildman–Crippen MR) is 180 cm³/mol. The van der Waals surface area contributed by atoms with Crippen molar-refractivity contribution in [3.05, 3.63) is 103 Å². The number of thioether (sulfide) groups is 1. The van der Waals surface area contributed by atoms with Gasteiger partial charge in [-0.25, -0.2) is 4.90 Å². The molecule has 4 aromatic rings. The van der Waals surface area contributed by atoms with E-state index in [1.54, 1.807) is 24.3 Å². The van der Waals surface area contributed by atoms with Gasteiger partial charge in [0, 0.05) is 39.7 Å². The van der Waals surface area contributed by atoms with Crippen LogP contribution in [0.1, 0.15) is 35.8 Å². The quantitative estimate of drug-likeness (QED) is 0.220. The SMILES string of the molecule is CCN(CC)c1ccc([C@@H]2c3sc(=O)n(CC(=O)Nc4ccc(C)cc4)c3S[C@H]3C(=O)N(c4ccc(Br)cc4)C(=O)[C@@H]23)cc1. The molecule has 3 heterocycles. The van der Waals surface area contributed by atoms with Gasteiger partial charge in [-0.2, -0.15) is 0 Å². The third kappa shape index (κ3) is 5.52. The number of halogens is 1. The number of thiazole rings is 1. The Morgan fingerprint density at radius 3 is 2.20 bits per heavy atom. The predicted octanol–water partition coefficient (Wildman–Crippen LogP) is 6.26. The molecule has 2 aliphatic rings. The fourth-order valence-electron chi connectivity index (χ4n) is 5.92. The van der Waals surface area contributed by atoms with Crippen LogP contribution in [0.5, 0.6) is 0 Å². The van der Waals surface area contributed by atoms with Gasteiger partial charge >= 0.3 is 4.87 Å². The van der Waals surface area contributed by atoms with Crippen molar-refractivity contribution in [2.24, 2.45) is 5.92 Å². The molecule has 1 aromatic heterocycles. The summed E-state index contributed by atoms with van der Waals surface area (Å²) in [5.74, 6) is -2.17. The van der Waals surface area contributed by atoms with Gasteiger partial charge in [-0.15, -0.1) is 0 Å². The van der Waals surface area contributed by atoms with Crippen molar-refractivity contribution in [1.82, 2.24) is 4.57 Å². The number of nitrogens with one attached hydrogen (secondary N) is 1. The summed E-state index contributed by atoms with van der Waals surface area (Å²) in [6.07, 6.45) is 0. The van der Waals surface area contributed by atoms with E-state index in [-0.39, 0.29) is 29.1 Å². The molecule has 44 heavy (non-hydrogen) atoms. The van der Waals surface area contributed by atoms with Gasteiger partial charge < -0.3 is 10.2 Å². The van der Waals surface area contributed by atoms with Crippen LogP contribution in [0.25, 0.3) is 0 Å². The second-order valence-corrected chi connectivity index (χ2v) is 13.9. The van der Waals surface area contributed by atoms with Crippen molar-refractivity contribution in [3.8, 4) is 0 Å². The summed E-state index contributed by atoms with van der Waals surface area (Å²) in [6.45, 7) is 7.68. The van der Waals surface area contributed by atoms with Gasteiger partial charge in [0.05, 0.1) is 16.6 Å². The lowest BCUT2D eigenvalue weighted by Crippen LogP contribution is -2.33. The molecular weight excluding hydrogens is 660 g/mol. The van der Waals surface area contributed by atoms with E-state index in [0.29, 0.717) is 21.3 Å². The third-order valence-electron chi connectivity index (χ3n) is 8.15. The Bertz CT molecular complexity index is 1780. The van der Waals surface area contributed by atoms with E-state index in [1.807, 2.05) is 55.5 Å². The van der Waals surface area contributed by atoms with Crippen LogP contribution in [0, 0.1) is 12.8 Å². The number of anilines is 3. The molecule has 226 valence electrons. The van der Waals surface area contributed by atoms with Crippen LogP contribution >= 0.6 is 39.0 Å². The summed E-state index contributed by atoms with van der Waals surface area (Å²) in [7, 11) is 0. The van der Waals surface area contributed by atoms with Gasteiger partial charge in [0.15, 0.2) is 0 Å². The van der Waals surface area contributed by atoms with Gasteiger partial charge in [0.25, 0.3) is 0 Å². The Morgan fingerprint density at radius 2 is 1.57 bits per heavy atom. The molecule has 1 saturated heterocycles. The largest absolute Gasteiger partial charge is 0.372 e. The van der Waals surface area contributed by atoms with Gasteiger partial charge in [-0.1, -0.05) is 68.9 Å². The number of hydrogen-bond acceptors (Lipinski definition) is 7. The maximum absolute atomic E-state index is 14.1. The molecule has 1 fully saturated rings. The number of nitrogens with zero attached hydrogens (tertiary/aromatic N) is 3. The highest BCUT2D eigenvalue weighted by molar-refractivity contribution is 9.10. The zero-order valence-electron chi connectivity index (χ0n) is 24.5. The summed E-state index contributed by atoms with van der Waals surface area (Å²) in [6, 6.07) is 22.6. The van der Waals surface area contributed by atoms with Crippen LogP contribution in [-0.2, 0) is 20.9 Å². The average Bonchev–Trinajstić information content (AvgIpc) is 3.46. The van der Waals surface area contributed by atoms with Crippen LogP contribution in [-0.4, -0.2) is 40.6 Å². The molecule has 11 heteroatoms. The molecule has 2 aliphatic heterocycles. The van der Waals surface area contributed by atoms with Crippen LogP contribution in [0.2, 0.25) is 0 Å². The number of aromatic nitrogens is 1. The van der Waals surface area contributed by atoms with E-state index in [1.165, 1.54) is 21.2 Å². The molecule has 6 rings (SSSR count). The van der Waals surface area contributed by atoms with Crippen LogP contribution < -0.4 is 20.0 Å². The minimum atomic E-state index is -0.744. The number of carbonyl (C=O) groups is 3. The maximum atomic E-state index is 14.1. The Labute approximate surface area is 272 Å². The van der Waals surface area contributed by atoms with Crippen molar-refractivity contribution in [2.45, 2.75) is 43.5 Å². The molecule has 0 spiro atoms. The molecular formula is C33H31BrN4O4S2. The number of rotatable bonds is 8. The van der Waals surface area contributed by atoms with Crippen LogP contribution in [0.3, 0.4) is 0 Å². The molecule has 0 radical (unpaired) electrons. The highest BCUT2D eigenvalue weighted by Gasteiger charge is 2.56. The zero-order valence-corrected chi connectivity index (χ0v) is 27.7. The van der Waals surface area contributed by atoms with E-state index in [2.05, 4.69) is 40.0 Å². The summed E-state index contributed by atoms with van der Waals surface area (Å²) in [5, 5.41) is 2.69. The van der Waals surface area contributed by atoms with Crippen molar-refractivity contribution in [2.75, 3.05) is 28.2 Å². The summed E-state index contributed by atoms with van der Waals surface area (Å²) in [5.41, 5.74) is 4.13. The average molecular weight is 692 g/mol. The minimum absolute atomic E-state index is 0.199. The fourth-order valence-corrected chi connectivity index (χ4v) is 8.96. The first-order chi connectivity index (χ1) is 21.2. The highest BCUT2D eigenvalue weighted by Crippen LogP contribution is 2.54. The minimum Gasteiger partial charge on any atom is -0.372 e. The van der Waals surface area contributed by atoms with Crippen molar-refractivity contribution < 1.29 is 14.4 Å². The van der Waals surface area contributed by atoms with Crippen molar-refractivity contribution in [1.29, 1.82) is 0 Å². The molecule has 3 aromatic carbocycles. The van der Waals surface area contributed by atoms with E-state index < -0.39 is 17.1 Å². The number of imide groups is 1. The number of hydrogen-bond donors (Lipinski definition) is 1. The first kappa shape index (κ1) is 30.4. The second kappa shape index (κ2) is 12.4. The van der Waals surface area contributed by atoms with Crippen molar-refractivity contribution >= 4 is 73.8 Å². The number of benzene rings is 3. The normalized spacial score (nSPS) is 19.1. The number of amides is 3. The van der Waals surface area contributed by atoms with Crippen LogP contribution in [0.15, 0.2) is 87.1 Å². The van der Waals surface area contributed by atoms with E-state index in [0.717, 1.165) is 45.7 Å². The topological polar surface area (TPSA) is 91.7 Å². The lowest BCUT2D eigenvalue weighted by molar-refractivity contribution is -0.122. The maximum Gasteiger partial charge on any atom is 0.308 e. The van der Waals surface area contributed by atoms with Gasteiger partial charge in [-0.3, -0.25) is 23.7 Å². The number of carbonyl (C=O) groups excluding carboxylic acids is 3. The Kier molecular flexibility index (Phi) is 8.54. The lowest BCUT2D eigenvalue weighted by Gasteiger charge is -2.31. The summed E-state index contributed by atoms with van der Waals surface area (Å²) < 4.78 is 2.29. The molecule has 0 bridgehead atoms. The van der Waals surface area contributed by atoms with Crippen molar-refractivity contribution in [3.63, 3.8) is 0 Å². The first-order valence-electron chi connectivity index (χ1n) is 14.4. The zero-order chi connectivity index (χ0) is 31.1. The Hall–Kier alpha value is -3.67. The highest BCUT2D eigenvalue weighted by atomic mass is 79.9. The van der Waals surface area contributed by atoms with E-state index >= 15 is 0 Å². The summed E-state index contributed by atoms with van der Waals surface area (Å²) in [4.78, 5) is 58.5. The fraction of sp³-hybridized carbons (Fsp3) is 0.273.